The Bertz CT molecular complexity index is 450. The highest BCUT2D eigenvalue weighted by Gasteiger charge is 2.47. The SMILES string of the molecule is CCCCCCCCCCCC(CCNCCO)N(OCC)C(=O)C(OCC)(OCC)OCC. The van der Waals surface area contributed by atoms with Crippen LogP contribution < -0.4 is 5.32 Å². The molecule has 204 valence electrons. The van der Waals surface area contributed by atoms with Gasteiger partial charge in [-0.05, 0) is 47.1 Å². The van der Waals surface area contributed by atoms with Crippen LogP contribution in [0.4, 0.5) is 0 Å². The van der Waals surface area contributed by atoms with Crippen LogP contribution >= 0.6 is 0 Å². The molecule has 0 aromatic rings. The highest BCUT2D eigenvalue weighted by Crippen LogP contribution is 2.24. The van der Waals surface area contributed by atoms with Crippen LogP contribution in [0.3, 0.4) is 0 Å². The second kappa shape index (κ2) is 22.7. The van der Waals surface area contributed by atoms with Gasteiger partial charge in [-0.15, -0.1) is 0 Å². The Morgan fingerprint density at radius 2 is 1.29 bits per heavy atom. The minimum atomic E-state index is -1.80. The van der Waals surface area contributed by atoms with Gasteiger partial charge in [0, 0.05) is 6.54 Å². The van der Waals surface area contributed by atoms with Gasteiger partial charge >= 0.3 is 11.9 Å². The van der Waals surface area contributed by atoms with Crippen LogP contribution in [0.5, 0.6) is 0 Å². The number of hydrogen-bond acceptors (Lipinski definition) is 7. The summed E-state index contributed by atoms with van der Waals surface area (Å²) in [5.74, 6) is -2.26. The van der Waals surface area contributed by atoms with Crippen molar-refractivity contribution in [2.45, 2.75) is 117 Å². The van der Waals surface area contributed by atoms with E-state index in [-0.39, 0.29) is 32.5 Å². The Morgan fingerprint density at radius 3 is 1.76 bits per heavy atom. The fraction of sp³-hybridized carbons (Fsp3) is 0.962. The number of carbonyl (C=O) groups is 1. The van der Waals surface area contributed by atoms with E-state index in [0.29, 0.717) is 26.1 Å². The molecule has 0 radical (unpaired) electrons. The predicted molar refractivity (Wildman–Crippen MR) is 136 cm³/mol. The molecule has 0 heterocycles. The van der Waals surface area contributed by atoms with Crippen molar-refractivity contribution < 1.29 is 28.9 Å². The number of aliphatic hydroxyl groups is 1. The molecule has 1 amide bonds. The second-order valence-corrected chi connectivity index (χ2v) is 8.44. The molecule has 0 aliphatic carbocycles. The first kappa shape index (κ1) is 33.2. The van der Waals surface area contributed by atoms with Crippen molar-refractivity contribution in [2.24, 2.45) is 0 Å². The van der Waals surface area contributed by atoms with E-state index in [4.69, 9.17) is 24.2 Å². The third-order valence-electron chi connectivity index (χ3n) is 5.65. The molecule has 0 fully saturated rings. The van der Waals surface area contributed by atoms with Crippen molar-refractivity contribution in [1.29, 1.82) is 0 Å². The van der Waals surface area contributed by atoms with Gasteiger partial charge in [-0.3, -0.25) is 9.63 Å². The van der Waals surface area contributed by atoms with E-state index in [2.05, 4.69) is 12.2 Å². The predicted octanol–water partition coefficient (Wildman–Crippen LogP) is 4.79. The monoisotopic (exact) mass is 490 g/mol. The van der Waals surface area contributed by atoms with Gasteiger partial charge in [0.1, 0.15) is 0 Å². The largest absolute Gasteiger partial charge is 0.395 e. The lowest BCUT2D eigenvalue weighted by Crippen LogP contribution is -2.57. The number of hydrogen-bond donors (Lipinski definition) is 2. The summed E-state index contributed by atoms with van der Waals surface area (Å²) >= 11 is 0. The van der Waals surface area contributed by atoms with Crippen molar-refractivity contribution in [2.75, 3.05) is 46.1 Å². The minimum absolute atomic E-state index is 0.0825. The van der Waals surface area contributed by atoms with E-state index >= 15 is 0 Å². The average Bonchev–Trinajstić information content (AvgIpc) is 2.83. The summed E-state index contributed by atoms with van der Waals surface area (Å²) in [5.41, 5.74) is 0. The molecule has 0 rings (SSSR count). The van der Waals surface area contributed by atoms with Gasteiger partial charge in [0.2, 0.25) is 0 Å². The van der Waals surface area contributed by atoms with Crippen molar-refractivity contribution in [3.63, 3.8) is 0 Å². The lowest BCUT2D eigenvalue weighted by molar-refractivity contribution is -0.367. The lowest BCUT2D eigenvalue weighted by atomic mass is 10.0. The molecule has 0 aromatic carbocycles. The molecule has 0 spiro atoms. The first-order valence-electron chi connectivity index (χ1n) is 13.8. The fourth-order valence-corrected chi connectivity index (χ4v) is 4.03. The number of hydroxylamine groups is 2. The molecule has 0 aliphatic rings. The Balaban J connectivity index is 5.21. The maximum atomic E-state index is 13.7. The Hall–Kier alpha value is -0.770. The van der Waals surface area contributed by atoms with Crippen molar-refractivity contribution in [3.05, 3.63) is 0 Å². The van der Waals surface area contributed by atoms with Gasteiger partial charge in [-0.2, -0.15) is 0 Å². The topological polar surface area (TPSA) is 89.5 Å². The van der Waals surface area contributed by atoms with Crippen molar-refractivity contribution >= 4 is 5.91 Å². The Kier molecular flexibility index (Phi) is 22.2. The van der Waals surface area contributed by atoms with E-state index in [0.717, 1.165) is 19.3 Å². The van der Waals surface area contributed by atoms with Gasteiger partial charge in [0.05, 0.1) is 39.1 Å². The van der Waals surface area contributed by atoms with Gasteiger partial charge < -0.3 is 24.6 Å². The van der Waals surface area contributed by atoms with Crippen LogP contribution in [0, 0.1) is 0 Å². The van der Waals surface area contributed by atoms with E-state index in [9.17, 15) is 4.79 Å². The fourth-order valence-electron chi connectivity index (χ4n) is 4.03. The zero-order valence-corrected chi connectivity index (χ0v) is 22.7. The van der Waals surface area contributed by atoms with Crippen LogP contribution in [0.15, 0.2) is 0 Å². The number of ether oxygens (including phenoxy) is 3. The molecule has 0 saturated heterocycles. The number of nitrogens with one attached hydrogen (secondary N) is 1. The maximum Gasteiger partial charge on any atom is 0.370 e. The summed E-state index contributed by atoms with van der Waals surface area (Å²) < 4.78 is 17.2. The molecule has 0 saturated carbocycles. The van der Waals surface area contributed by atoms with Crippen molar-refractivity contribution in [1.82, 2.24) is 10.4 Å². The summed E-state index contributed by atoms with van der Waals surface area (Å²) in [6, 6.07) is -0.149. The molecule has 2 N–H and O–H groups in total. The van der Waals surface area contributed by atoms with Gasteiger partial charge in [0.15, 0.2) is 0 Å². The molecule has 8 nitrogen and oxygen atoms in total. The number of unbranched alkanes of at least 4 members (excludes halogenated alkanes) is 8. The van der Waals surface area contributed by atoms with Gasteiger partial charge in [0.25, 0.3) is 0 Å². The number of amides is 1. The van der Waals surface area contributed by atoms with E-state index < -0.39 is 11.9 Å². The summed E-state index contributed by atoms with van der Waals surface area (Å²) in [5, 5.41) is 13.7. The first-order valence-corrected chi connectivity index (χ1v) is 13.8. The second-order valence-electron chi connectivity index (χ2n) is 8.44. The molecular weight excluding hydrogens is 436 g/mol. The highest BCUT2D eigenvalue weighted by molar-refractivity contribution is 5.81. The van der Waals surface area contributed by atoms with Crippen LogP contribution in [0.1, 0.15) is 105 Å². The molecule has 0 bridgehead atoms. The first-order chi connectivity index (χ1) is 16.6. The molecule has 1 atom stereocenters. The zero-order valence-electron chi connectivity index (χ0n) is 22.7. The molecule has 8 heteroatoms. The summed E-state index contributed by atoms with van der Waals surface area (Å²) in [6.45, 7) is 12.0. The standard InChI is InChI=1S/C26H54N2O6/c1-6-11-12-13-14-15-16-17-18-19-24(20-21-27-22-23-29)28(34-10-5)25(30)26(31-7-2,32-8-3)33-9-4/h24,27,29H,6-23H2,1-5H3. The maximum absolute atomic E-state index is 13.7. The quantitative estimate of drug-likeness (QED) is 0.108. The normalized spacial score (nSPS) is 12.8. The minimum Gasteiger partial charge on any atom is -0.395 e. The van der Waals surface area contributed by atoms with Gasteiger partial charge in [-0.25, -0.2) is 5.06 Å². The van der Waals surface area contributed by atoms with Crippen LogP contribution in [-0.2, 0) is 23.8 Å². The Morgan fingerprint density at radius 1 is 0.765 bits per heavy atom. The van der Waals surface area contributed by atoms with Crippen LogP contribution in [0.2, 0.25) is 0 Å². The summed E-state index contributed by atoms with van der Waals surface area (Å²) in [6.07, 6.45) is 12.7. The summed E-state index contributed by atoms with van der Waals surface area (Å²) in [4.78, 5) is 19.5. The van der Waals surface area contributed by atoms with Crippen LogP contribution in [-0.4, -0.2) is 74.2 Å². The third kappa shape index (κ3) is 14.0. The van der Waals surface area contributed by atoms with E-state index in [1.54, 1.807) is 0 Å². The highest BCUT2D eigenvalue weighted by atomic mass is 16.9. The van der Waals surface area contributed by atoms with Crippen LogP contribution in [0.25, 0.3) is 0 Å². The molecule has 0 aliphatic heterocycles. The molecule has 0 aromatic heterocycles. The van der Waals surface area contributed by atoms with Gasteiger partial charge in [-0.1, -0.05) is 64.7 Å². The number of aliphatic hydroxyl groups excluding tert-OH is 1. The summed E-state index contributed by atoms with van der Waals surface area (Å²) in [7, 11) is 0. The van der Waals surface area contributed by atoms with E-state index in [1.165, 1.54) is 50.0 Å². The molecule has 34 heavy (non-hydrogen) atoms. The zero-order chi connectivity index (χ0) is 25.5. The molecular formula is C26H54N2O6. The number of rotatable bonds is 25. The Labute approximate surface area is 209 Å². The smallest absolute Gasteiger partial charge is 0.370 e. The number of nitrogens with zero attached hydrogens (tertiary/aromatic N) is 1. The molecule has 1 unspecified atom stereocenters. The average molecular weight is 491 g/mol. The lowest BCUT2D eigenvalue weighted by Gasteiger charge is -2.38. The van der Waals surface area contributed by atoms with Crippen molar-refractivity contribution in [3.8, 4) is 0 Å². The third-order valence-corrected chi connectivity index (χ3v) is 5.65. The van der Waals surface area contributed by atoms with E-state index in [1.807, 2.05) is 27.7 Å². The number of carbonyl (C=O) groups excluding carboxylic acids is 1.